The van der Waals surface area contributed by atoms with Gasteiger partial charge in [0.05, 0.1) is 10.6 Å². The van der Waals surface area contributed by atoms with Crippen molar-refractivity contribution in [1.82, 2.24) is 4.90 Å². The van der Waals surface area contributed by atoms with Crippen LogP contribution in [0.4, 0.5) is 5.69 Å². The highest BCUT2D eigenvalue weighted by Gasteiger charge is 2.31. The van der Waals surface area contributed by atoms with Crippen LogP contribution in [0.3, 0.4) is 0 Å². The fourth-order valence-corrected chi connectivity index (χ4v) is 5.20. The summed E-state index contributed by atoms with van der Waals surface area (Å²) in [6, 6.07) is 24.1. The van der Waals surface area contributed by atoms with Crippen molar-refractivity contribution in [3.05, 3.63) is 84.9 Å². The minimum Gasteiger partial charge on any atom is -0.455 e. The summed E-state index contributed by atoms with van der Waals surface area (Å²) in [5.41, 5.74) is 6.27. The lowest BCUT2D eigenvalue weighted by molar-refractivity contribution is -0.130. The first-order valence-electron chi connectivity index (χ1n) is 10.9. The summed E-state index contributed by atoms with van der Waals surface area (Å²) in [6.07, 6.45) is 1.40. The molecule has 1 saturated heterocycles. The topological polar surface area (TPSA) is 92.9 Å². The molecule has 0 spiro atoms. The Bertz CT molecular complexity index is 1180. The molecule has 0 unspecified atom stereocenters. The number of rotatable bonds is 7. The molecule has 8 heteroatoms. The standard InChI is InChI=1S/C25H27N3O4S/c26-20-15-17-27(18-16-20)25(29)19-28(33(30,31)22-11-5-2-6-12-22)23-13-7-8-14-24(23)32-21-9-3-1-4-10-21/h1-14,20H,15-19,26H2. The Morgan fingerprint density at radius 1 is 0.909 bits per heavy atom. The third-order valence-electron chi connectivity index (χ3n) is 5.61. The summed E-state index contributed by atoms with van der Waals surface area (Å²) < 4.78 is 34.5. The van der Waals surface area contributed by atoms with E-state index in [4.69, 9.17) is 10.5 Å². The van der Waals surface area contributed by atoms with Gasteiger partial charge in [0.2, 0.25) is 5.91 Å². The lowest BCUT2D eigenvalue weighted by Crippen LogP contribution is -2.48. The third-order valence-corrected chi connectivity index (χ3v) is 7.38. The molecule has 33 heavy (non-hydrogen) atoms. The number of nitrogens with two attached hydrogens (primary N) is 1. The number of carbonyl (C=O) groups excluding carboxylic acids is 1. The van der Waals surface area contributed by atoms with Gasteiger partial charge in [0, 0.05) is 19.1 Å². The fraction of sp³-hybridized carbons (Fsp3) is 0.240. The molecule has 0 aliphatic carbocycles. The van der Waals surface area contributed by atoms with E-state index in [1.165, 1.54) is 12.1 Å². The van der Waals surface area contributed by atoms with Gasteiger partial charge in [-0.05, 0) is 49.2 Å². The number of benzene rings is 3. The Morgan fingerprint density at radius 2 is 1.48 bits per heavy atom. The van der Waals surface area contributed by atoms with Crippen LogP contribution in [-0.4, -0.2) is 44.9 Å². The number of hydrogen-bond acceptors (Lipinski definition) is 5. The van der Waals surface area contributed by atoms with Gasteiger partial charge >= 0.3 is 0 Å². The largest absolute Gasteiger partial charge is 0.455 e. The highest BCUT2D eigenvalue weighted by Crippen LogP contribution is 2.35. The molecule has 2 N–H and O–H groups in total. The van der Waals surface area contributed by atoms with Gasteiger partial charge in [-0.3, -0.25) is 9.10 Å². The van der Waals surface area contributed by atoms with Crippen molar-refractivity contribution in [2.45, 2.75) is 23.8 Å². The van der Waals surface area contributed by atoms with E-state index >= 15 is 0 Å². The molecular formula is C25H27N3O4S. The smallest absolute Gasteiger partial charge is 0.264 e. The predicted molar refractivity (Wildman–Crippen MR) is 128 cm³/mol. The second-order valence-corrected chi connectivity index (χ2v) is 9.79. The number of piperidine rings is 1. The first-order valence-corrected chi connectivity index (χ1v) is 12.3. The maximum atomic E-state index is 13.7. The van der Waals surface area contributed by atoms with E-state index in [1.807, 2.05) is 18.2 Å². The van der Waals surface area contributed by atoms with Crippen LogP contribution in [0.1, 0.15) is 12.8 Å². The molecule has 1 aliphatic rings. The Labute approximate surface area is 194 Å². The van der Waals surface area contributed by atoms with E-state index in [0.29, 0.717) is 43.1 Å². The average molecular weight is 466 g/mol. The van der Waals surface area contributed by atoms with Crippen LogP contribution in [0.25, 0.3) is 0 Å². The van der Waals surface area contributed by atoms with E-state index in [-0.39, 0.29) is 23.4 Å². The fourth-order valence-electron chi connectivity index (χ4n) is 3.76. The first-order chi connectivity index (χ1) is 15.9. The number of sulfonamides is 1. The number of amides is 1. The lowest BCUT2D eigenvalue weighted by atomic mass is 10.1. The zero-order valence-corrected chi connectivity index (χ0v) is 19.0. The SMILES string of the molecule is NC1CCN(C(=O)CN(c2ccccc2Oc2ccccc2)S(=O)(=O)c2ccccc2)CC1. The maximum absolute atomic E-state index is 13.7. The molecule has 1 aliphatic heterocycles. The summed E-state index contributed by atoms with van der Waals surface area (Å²) in [6.45, 7) is 0.699. The van der Waals surface area contributed by atoms with Crippen LogP contribution < -0.4 is 14.8 Å². The van der Waals surface area contributed by atoms with Gasteiger partial charge in [-0.1, -0.05) is 48.5 Å². The van der Waals surface area contributed by atoms with Crippen molar-refractivity contribution in [2.75, 3.05) is 23.9 Å². The Kier molecular flexibility index (Phi) is 6.96. The molecule has 0 aromatic heterocycles. The third kappa shape index (κ3) is 5.35. The quantitative estimate of drug-likeness (QED) is 0.575. The molecule has 3 aromatic rings. The van der Waals surface area contributed by atoms with Crippen molar-refractivity contribution in [3.8, 4) is 11.5 Å². The van der Waals surface area contributed by atoms with Crippen LogP contribution in [0.15, 0.2) is 89.8 Å². The summed E-state index contributed by atoms with van der Waals surface area (Å²) in [4.78, 5) is 15.0. The molecule has 0 saturated carbocycles. The van der Waals surface area contributed by atoms with Gasteiger partial charge in [-0.2, -0.15) is 0 Å². The minimum absolute atomic E-state index is 0.0678. The zero-order valence-electron chi connectivity index (χ0n) is 18.2. The zero-order chi connectivity index (χ0) is 23.3. The molecule has 7 nitrogen and oxygen atoms in total. The van der Waals surface area contributed by atoms with E-state index in [9.17, 15) is 13.2 Å². The number of para-hydroxylation sites is 3. The van der Waals surface area contributed by atoms with Crippen LogP contribution in [0.2, 0.25) is 0 Å². The predicted octanol–water partition coefficient (Wildman–Crippen LogP) is 3.62. The van der Waals surface area contributed by atoms with E-state index in [0.717, 1.165) is 4.31 Å². The van der Waals surface area contributed by atoms with Gasteiger partial charge < -0.3 is 15.4 Å². The number of nitrogens with zero attached hydrogens (tertiary/aromatic N) is 2. The second kappa shape index (κ2) is 10.1. The second-order valence-electron chi connectivity index (χ2n) is 7.93. The number of ether oxygens (including phenoxy) is 1. The summed E-state index contributed by atoms with van der Waals surface area (Å²) in [5, 5.41) is 0. The van der Waals surface area contributed by atoms with Crippen LogP contribution in [0.5, 0.6) is 11.5 Å². The Balaban J connectivity index is 1.71. The molecule has 1 amide bonds. The first kappa shape index (κ1) is 22.8. The van der Waals surface area contributed by atoms with Crippen LogP contribution in [0, 0.1) is 0 Å². The number of anilines is 1. The van der Waals surface area contributed by atoms with Gasteiger partial charge in [0.15, 0.2) is 5.75 Å². The molecule has 4 rings (SSSR count). The summed E-state index contributed by atoms with van der Waals surface area (Å²) in [7, 11) is -4.03. The monoisotopic (exact) mass is 465 g/mol. The molecule has 0 radical (unpaired) electrons. The van der Waals surface area contributed by atoms with Crippen LogP contribution in [-0.2, 0) is 14.8 Å². The Hall–Kier alpha value is -3.36. The summed E-state index contributed by atoms with van der Waals surface area (Å²) >= 11 is 0. The van der Waals surface area contributed by atoms with Gasteiger partial charge in [0.1, 0.15) is 12.3 Å². The number of hydrogen-bond donors (Lipinski definition) is 1. The minimum atomic E-state index is -4.03. The van der Waals surface area contributed by atoms with Gasteiger partial charge in [0.25, 0.3) is 10.0 Å². The molecule has 1 fully saturated rings. The molecule has 172 valence electrons. The van der Waals surface area contributed by atoms with Crippen LogP contribution >= 0.6 is 0 Å². The van der Waals surface area contributed by atoms with Crippen molar-refractivity contribution < 1.29 is 17.9 Å². The molecule has 3 aromatic carbocycles. The molecule has 1 heterocycles. The maximum Gasteiger partial charge on any atom is 0.264 e. The van der Waals surface area contributed by atoms with Crippen molar-refractivity contribution in [2.24, 2.45) is 5.73 Å². The number of likely N-dealkylation sites (tertiary alicyclic amines) is 1. The van der Waals surface area contributed by atoms with E-state index in [2.05, 4.69) is 0 Å². The number of carbonyl (C=O) groups is 1. The van der Waals surface area contributed by atoms with E-state index < -0.39 is 10.0 Å². The van der Waals surface area contributed by atoms with Gasteiger partial charge in [-0.15, -0.1) is 0 Å². The highest BCUT2D eigenvalue weighted by molar-refractivity contribution is 7.92. The normalized spacial score (nSPS) is 14.6. The van der Waals surface area contributed by atoms with Crippen molar-refractivity contribution in [3.63, 3.8) is 0 Å². The summed E-state index contributed by atoms with van der Waals surface area (Å²) in [5.74, 6) is 0.644. The van der Waals surface area contributed by atoms with Gasteiger partial charge in [-0.25, -0.2) is 8.42 Å². The lowest BCUT2D eigenvalue weighted by Gasteiger charge is -2.33. The molecule has 0 atom stereocenters. The Morgan fingerprint density at radius 3 is 2.15 bits per heavy atom. The van der Waals surface area contributed by atoms with Crippen molar-refractivity contribution in [1.29, 1.82) is 0 Å². The van der Waals surface area contributed by atoms with E-state index in [1.54, 1.807) is 59.5 Å². The molecular weight excluding hydrogens is 438 g/mol. The van der Waals surface area contributed by atoms with Crippen molar-refractivity contribution >= 4 is 21.6 Å². The highest BCUT2D eigenvalue weighted by atomic mass is 32.2. The molecule has 0 bridgehead atoms. The average Bonchev–Trinajstić information content (AvgIpc) is 2.84.